The maximum absolute atomic E-state index is 13.0. The number of nitrogens with one attached hydrogen (secondary N) is 2. The lowest BCUT2D eigenvalue weighted by Crippen LogP contribution is -2.31. The molecule has 2 aromatic heterocycles. The van der Waals surface area contributed by atoms with Crippen LogP contribution in [0.1, 0.15) is 26.4 Å². The van der Waals surface area contributed by atoms with Crippen molar-refractivity contribution in [2.24, 2.45) is 11.6 Å². The number of rotatable bonds is 5. The highest BCUT2D eigenvalue weighted by Gasteiger charge is 2.21. The monoisotopic (exact) mass is 418 g/mol. The fraction of sp³-hybridized carbons (Fsp3) is 0.0556. The lowest BCUT2D eigenvalue weighted by Gasteiger charge is -2.16. The number of hydrazine groups is 1. The highest BCUT2D eigenvalue weighted by Crippen LogP contribution is 2.27. The lowest BCUT2D eigenvalue weighted by molar-refractivity contribution is 0.0954. The van der Waals surface area contributed by atoms with Gasteiger partial charge in [0.25, 0.3) is 11.8 Å². The Morgan fingerprint density at radius 1 is 1.14 bits per heavy atom. The van der Waals surface area contributed by atoms with Gasteiger partial charge in [-0.2, -0.15) is 0 Å². The predicted molar refractivity (Wildman–Crippen MR) is 108 cm³/mol. The van der Waals surface area contributed by atoms with Gasteiger partial charge in [-0.25, -0.2) is 10.8 Å². The molecule has 0 aliphatic rings. The third kappa shape index (κ3) is 3.85. The van der Waals surface area contributed by atoms with E-state index in [1.165, 1.54) is 6.07 Å². The zero-order chi connectivity index (χ0) is 20.3. The van der Waals surface area contributed by atoms with Crippen LogP contribution in [0.3, 0.4) is 0 Å². The number of amides is 2. The van der Waals surface area contributed by atoms with E-state index in [0.29, 0.717) is 21.4 Å². The molecule has 8 nitrogen and oxygen atoms in total. The number of benzene rings is 1. The number of halogens is 2. The van der Waals surface area contributed by atoms with Crippen molar-refractivity contribution in [3.8, 4) is 5.82 Å². The quantitative estimate of drug-likeness (QED) is 0.287. The molecular weight excluding hydrogens is 403 g/mol. The first-order valence-corrected chi connectivity index (χ1v) is 8.85. The molecule has 0 aliphatic carbocycles. The van der Waals surface area contributed by atoms with E-state index < -0.39 is 11.8 Å². The predicted octanol–water partition coefficient (Wildman–Crippen LogP) is 2.49. The summed E-state index contributed by atoms with van der Waals surface area (Å²) in [5.41, 5.74) is 8.85. The SMILES string of the molecule is NCc1cc(Cl)cc(C(=O)NN)c1NC(=O)c1cccn1-c1ncccc1Cl. The van der Waals surface area contributed by atoms with E-state index in [1.807, 2.05) is 5.43 Å². The fourth-order valence-electron chi connectivity index (χ4n) is 2.71. The number of anilines is 1. The van der Waals surface area contributed by atoms with Crippen LogP contribution in [0.5, 0.6) is 0 Å². The third-order valence-electron chi connectivity index (χ3n) is 3.97. The highest BCUT2D eigenvalue weighted by atomic mass is 35.5. The zero-order valence-corrected chi connectivity index (χ0v) is 16.0. The van der Waals surface area contributed by atoms with Crippen molar-refractivity contribution < 1.29 is 9.59 Å². The van der Waals surface area contributed by atoms with Crippen molar-refractivity contribution >= 4 is 40.7 Å². The molecule has 0 unspecified atom stereocenters. The van der Waals surface area contributed by atoms with Crippen LogP contribution in [-0.4, -0.2) is 21.4 Å². The largest absolute Gasteiger partial charge is 0.326 e. The van der Waals surface area contributed by atoms with Gasteiger partial charge in [-0.1, -0.05) is 23.2 Å². The molecule has 0 bridgehead atoms. The maximum atomic E-state index is 13.0. The highest BCUT2D eigenvalue weighted by molar-refractivity contribution is 6.32. The minimum atomic E-state index is -0.615. The normalized spacial score (nSPS) is 10.6. The van der Waals surface area contributed by atoms with Crippen LogP contribution >= 0.6 is 23.2 Å². The first-order chi connectivity index (χ1) is 13.5. The van der Waals surface area contributed by atoms with E-state index in [1.54, 1.807) is 47.3 Å². The molecular formula is C18H16Cl2N6O2. The van der Waals surface area contributed by atoms with E-state index in [4.69, 9.17) is 34.8 Å². The van der Waals surface area contributed by atoms with Gasteiger partial charge < -0.3 is 11.1 Å². The summed E-state index contributed by atoms with van der Waals surface area (Å²) in [6.45, 7) is 0.0497. The van der Waals surface area contributed by atoms with E-state index in [-0.39, 0.29) is 23.5 Å². The summed E-state index contributed by atoms with van der Waals surface area (Å²) in [7, 11) is 0. The van der Waals surface area contributed by atoms with Crippen molar-refractivity contribution in [2.75, 3.05) is 5.32 Å². The summed E-state index contributed by atoms with van der Waals surface area (Å²) in [6, 6.07) is 9.60. The molecule has 28 heavy (non-hydrogen) atoms. The number of aromatic nitrogens is 2. The molecule has 2 amide bonds. The molecule has 0 saturated carbocycles. The van der Waals surface area contributed by atoms with Crippen LogP contribution < -0.4 is 22.3 Å². The minimum absolute atomic E-state index is 0.0497. The van der Waals surface area contributed by atoms with Gasteiger partial charge in [-0.15, -0.1) is 0 Å². The fourth-order valence-corrected chi connectivity index (χ4v) is 3.16. The first-order valence-electron chi connectivity index (χ1n) is 8.09. The molecule has 3 rings (SSSR count). The van der Waals surface area contributed by atoms with Crippen LogP contribution in [0, 0.1) is 0 Å². The first kappa shape index (κ1) is 19.8. The molecule has 0 spiro atoms. The second-order valence-electron chi connectivity index (χ2n) is 5.69. The Morgan fingerprint density at radius 2 is 1.93 bits per heavy atom. The minimum Gasteiger partial charge on any atom is -0.326 e. The van der Waals surface area contributed by atoms with E-state index >= 15 is 0 Å². The molecule has 1 aromatic carbocycles. The summed E-state index contributed by atoms with van der Waals surface area (Å²) in [5.74, 6) is 4.53. The third-order valence-corrected chi connectivity index (χ3v) is 4.48. The van der Waals surface area contributed by atoms with Crippen molar-refractivity contribution in [1.29, 1.82) is 0 Å². The second kappa shape index (κ2) is 8.41. The van der Waals surface area contributed by atoms with E-state index in [9.17, 15) is 9.59 Å². The van der Waals surface area contributed by atoms with Crippen molar-refractivity contribution in [3.05, 3.63) is 75.7 Å². The van der Waals surface area contributed by atoms with Gasteiger partial charge in [0.2, 0.25) is 0 Å². The number of pyridine rings is 1. The molecule has 144 valence electrons. The van der Waals surface area contributed by atoms with Gasteiger partial charge in [-0.05, 0) is 42.0 Å². The Kier molecular flexibility index (Phi) is 5.96. The number of hydrogen-bond acceptors (Lipinski definition) is 5. The van der Waals surface area contributed by atoms with E-state index in [2.05, 4.69) is 10.3 Å². The van der Waals surface area contributed by atoms with Gasteiger partial charge in [0.15, 0.2) is 5.82 Å². The molecule has 0 saturated heterocycles. The van der Waals surface area contributed by atoms with Gasteiger partial charge in [0.1, 0.15) is 5.69 Å². The average Bonchev–Trinajstić information content (AvgIpc) is 3.18. The Labute approximate surface area is 170 Å². The Bertz CT molecular complexity index is 1050. The van der Waals surface area contributed by atoms with Crippen LogP contribution in [-0.2, 0) is 6.54 Å². The van der Waals surface area contributed by atoms with Crippen LogP contribution in [0.15, 0.2) is 48.8 Å². The Morgan fingerprint density at radius 3 is 2.61 bits per heavy atom. The molecule has 0 radical (unpaired) electrons. The van der Waals surface area contributed by atoms with Crippen molar-refractivity contribution in [3.63, 3.8) is 0 Å². The van der Waals surface area contributed by atoms with Crippen LogP contribution in [0.4, 0.5) is 5.69 Å². The number of carbonyl (C=O) groups excluding carboxylic acids is 2. The van der Waals surface area contributed by atoms with Gasteiger partial charge >= 0.3 is 0 Å². The number of hydrogen-bond donors (Lipinski definition) is 4. The molecule has 6 N–H and O–H groups in total. The number of nitrogen functional groups attached to an aromatic ring is 1. The van der Waals surface area contributed by atoms with Gasteiger partial charge in [0, 0.05) is 24.0 Å². The van der Waals surface area contributed by atoms with Gasteiger partial charge in [-0.3, -0.25) is 19.6 Å². The Balaban J connectivity index is 2.03. The molecule has 10 heteroatoms. The number of nitrogens with two attached hydrogens (primary N) is 2. The molecule has 3 aromatic rings. The average molecular weight is 419 g/mol. The topological polar surface area (TPSA) is 128 Å². The number of nitrogens with zero attached hydrogens (tertiary/aromatic N) is 2. The summed E-state index contributed by atoms with van der Waals surface area (Å²) >= 11 is 12.2. The van der Waals surface area contributed by atoms with Crippen LogP contribution in [0.25, 0.3) is 5.82 Å². The Hall–Kier alpha value is -2.91. The second-order valence-corrected chi connectivity index (χ2v) is 6.54. The maximum Gasteiger partial charge on any atom is 0.272 e. The van der Waals surface area contributed by atoms with E-state index in [0.717, 1.165) is 0 Å². The van der Waals surface area contributed by atoms with Crippen molar-refractivity contribution in [1.82, 2.24) is 15.0 Å². The number of carbonyl (C=O) groups is 2. The van der Waals surface area contributed by atoms with Crippen molar-refractivity contribution in [2.45, 2.75) is 6.54 Å². The van der Waals surface area contributed by atoms with Gasteiger partial charge in [0.05, 0.1) is 16.3 Å². The van der Waals surface area contributed by atoms with Crippen LogP contribution in [0.2, 0.25) is 10.0 Å². The molecule has 0 fully saturated rings. The molecule has 0 aliphatic heterocycles. The summed E-state index contributed by atoms with van der Waals surface area (Å²) in [5, 5.41) is 3.39. The summed E-state index contributed by atoms with van der Waals surface area (Å²) in [4.78, 5) is 29.3. The molecule has 2 heterocycles. The summed E-state index contributed by atoms with van der Waals surface area (Å²) < 4.78 is 1.54. The zero-order valence-electron chi connectivity index (χ0n) is 14.4. The molecule has 0 atom stereocenters. The lowest BCUT2D eigenvalue weighted by atomic mass is 10.1. The smallest absolute Gasteiger partial charge is 0.272 e. The standard InChI is InChI=1S/C18H16Cl2N6O2/c19-11-7-10(9-21)15(12(8-11)17(27)25-22)24-18(28)14-4-2-6-26(14)16-13(20)3-1-5-23-16/h1-8H,9,21-22H2,(H,24,28)(H,25,27). The summed E-state index contributed by atoms with van der Waals surface area (Å²) in [6.07, 6.45) is 3.22.